The lowest BCUT2D eigenvalue weighted by molar-refractivity contribution is -0.140. The highest BCUT2D eigenvalue weighted by Crippen LogP contribution is 2.28. The minimum absolute atomic E-state index is 0.147. The van der Waals surface area contributed by atoms with Gasteiger partial charge in [0.2, 0.25) is 0 Å². The molecule has 1 aromatic rings. The summed E-state index contributed by atoms with van der Waals surface area (Å²) in [6.45, 7) is 1.77. The van der Waals surface area contributed by atoms with E-state index in [1.807, 2.05) is 6.07 Å². The molecular weight excluding hydrogens is 262 g/mol. The Morgan fingerprint density at radius 2 is 2.11 bits per heavy atom. The second-order valence-corrected chi connectivity index (χ2v) is 6.21. The molecule has 0 fully saturated rings. The van der Waals surface area contributed by atoms with Crippen molar-refractivity contribution < 1.29 is 14.7 Å². The fraction of sp³-hybridized carbons (Fsp3) is 0.571. The number of carboxylic acid groups (broad SMARTS) is 1. The second-order valence-electron chi connectivity index (χ2n) is 5.07. The predicted octanol–water partition coefficient (Wildman–Crippen LogP) is 2.47. The molecule has 0 aliphatic heterocycles. The van der Waals surface area contributed by atoms with E-state index in [0.29, 0.717) is 4.88 Å². The van der Waals surface area contributed by atoms with E-state index in [1.54, 1.807) is 18.3 Å². The molecule has 1 aliphatic rings. The molecule has 2 N–H and O–H groups in total. The minimum atomic E-state index is -0.887. The van der Waals surface area contributed by atoms with E-state index in [9.17, 15) is 9.59 Å². The number of carboxylic acids is 1. The molecule has 1 unspecified atom stereocenters. The maximum Gasteiger partial charge on any atom is 0.308 e. The molecule has 4 nitrogen and oxygen atoms in total. The third kappa shape index (κ3) is 3.56. The van der Waals surface area contributed by atoms with Crippen molar-refractivity contribution in [3.8, 4) is 0 Å². The first kappa shape index (κ1) is 14.1. The zero-order chi connectivity index (χ0) is 13.8. The van der Waals surface area contributed by atoms with Crippen molar-refractivity contribution in [2.45, 2.75) is 39.0 Å². The summed E-state index contributed by atoms with van der Waals surface area (Å²) >= 11 is 1.56. The highest BCUT2D eigenvalue weighted by molar-refractivity contribution is 7.14. The first-order valence-electron chi connectivity index (χ1n) is 6.70. The van der Waals surface area contributed by atoms with Gasteiger partial charge in [0.1, 0.15) is 0 Å². The van der Waals surface area contributed by atoms with Crippen LogP contribution in [0.4, 0.5) is 0 Å². The van der Waals surface area contributed by atoms with Crippen molar-refractivity contribution in [3.63, 3.8) is 0 Å². The SMILES string of the molecule is CC(CNC(=O)c1cc2c(s1)CCCCC2)C(=O)O. The van der Waals surface area contributed by atoms with Gasteiger partial charge in [0.05, 0.1) is 10.8 Å². The van der Waals surface area contributed by atoms with Crippen LogP contribution in [0.25, 0.3) is 0 Å². The molecule has 104 valence electrons. The van der Waals surface area contributed by atoms with Gasteiger partial charge in [-0.2, -0.15) is 0 Å². The normalized spacial score (nSPS) is 16.3. The number of rotatable bonds is 4. The van der Waals surface area contributed by atoms with Crippen molar-refractivity contribution in [2.24, 2.45) is 5.92 Å². The van der Waals surface area contributed by atoms with E-state index in [1.165, 1.54) is 29.7 Å². The standard InChI is InChI=1S/C14H19NO3S/c1-9(14(17)18)8-15-13(16)12-7-10-5-3-2-4-6-11(10)19-12/h7,9H,2-6,8H2,1H3,(H,15,16)(H,17,18). The average Bonchev–Trinajstić information content (AvgIpc) is 2.67. The Balaban J connectivity index is 1.98. The van der Waals surface area contributed by atoms with E-state index in [-0.39, 0.29) is 12.5 Å². The number of fused-ring (bicyclic) bond motifs is 1. The summed E-state index contributed by atoms with van der Waals surface area (Å²) in [5.74, 6) is -1.59. The largest absolute Gasteiger partial charge is 0.481 e. The van der Waals surface area contributed by atoms with Gasteiger partial charge in [-0.1, -0.05) is 13.3 Å². The van der Waals surface area contributed by atoms with E-state index in [0.717, 1.165) is 12.8 Å². The van der Waals surface area contributed by atoms with E-state index >= 15 is 0 Å². The van der Waals surface area contributed by atoms with E-state index < -0.39 is 11.9 Å². The Bertz CT molecular complexity index is 458. The van der Waals surface area contributed by atoms with Crippen molar-refractivity contribution in [1.29, 1.82) is 0 Å². The summed E-state index contributed by atoms with van der Waals surface area (Å²) in [6, 6.07) is 1.98. The molecule has 0 aromatic carbocycles. The number of amides is 1. The second kappa shape index (κ2) is 6.19. The zero-order valence-electron chi connectivity index (χ0n) is 11.1. The molecule has 0 bridgehead atoms. The number of carbonyl (C=O) groups excluding carboxylic acids is 1. The van der Waals surface area contributed by atoms with Gasteiger partial charge in [-0.3, -0.25) is 9.59 Å². The van der Waals surface area contributed by atoms with E-state index in [4.69, 9.17) is 5.11 Å². The molecule has 0 saturated carbocycles. The first-order valence-corrected chi connectivity index (χ1v) is 7.52. The lowest BCUT2D eigenvalue weighted by Crippen LogP contribution is -2.30. The lowest BCUT2D eigenvalue weighted by atomic mass is 10.1. The quantitative estimate of drug-likeness (QED) is 0.833. The van der Waals surface area contributed by atoms with Crippen LogP contribution in [-0.4, -0.2) is 23.5 Å². The smallest absolute Gasteiger partial charge is 0.308 e. The summed E-state index contributed by atoms with van der Waals surface area (Å²) in [5.41, 5.74) is 1.30. The summed E-state index contributed by atoms with van der Waals surface area (Å²) in [6.07, 6.45) is 5.79. The van der Waals surface area contributed by atoms with Gasteiger partial charge in [-0.05, 0) is 37.3 Å². The summed E-state index contributed by atoms with van der Waals surface area (Å²) < 4.78 is 0. The molecule has 0 saturated heterocycles. The Hall–Kier alpha value is -1.36. The molecule has 1 atom stereocenters. The Morgan fingerprint density at radius 3 is 2.84 bits per heavy atom. The van der Waals surface area contributed by atoms with Gasteiger partial charge >= 0.3 is 5.97 Å². The number of hydrogen-bond donors (Lipinski definition) is 2. The molecule has 5 heteroatoms. The van der Waals surface area contributed by atoms with Crippen LogP contribution in [0.1, 0.15) is 46.3 Å². The molecule has 1 heterocycles. The molecule has 1 amide bonds. The fourth-order valence-corrected chi connectivity index (χ4v) is 3.37. The van der Waals surface area contributed by atoms with Crippen LogP contribution >= 0.6 is 11.3 Å². The molecule has 1 aliphatic carbocycles. The number of thiophene rings is 1. The van der Waals surface area contributed by atoms with Crippen LogP contribution in [0, 0.1) is 5.92 Å². The molecule has 2 rings (SSSR count). The first-order chi connectivity index (χ1) is 9.08. The number of aryl methyl sites for hydroxylation is 2. The average molecular weight is 281 g/mol. The third-order valence-corrected chi connectivity index (χ3v) is 4.70. The molecule has 1 aromatic heterocycles. The Kier molecular flexibility index (Phi) is 4.58. The van der Waals surface area contributed by atoms with Crippen LogP contribution in [0.2, 0.25) is 0 Å². The van der Waals surface area contributed by atoms with Gasteiger partial charge in [-0.15, -0.1) is 11.3 Å². The van der Waals surface area contributed by atoms with Crippen LogP contribution < -0.4 is 5.32 Å². The van der Waals surface area contributed by atoms with Gasteiger partial charge < -0.3 is 10.4 Å². The lowest BCUT2D eigenvalue weighted by Gasteiger charge is -2.06. The highest BCUT2D eigenvalue weighted by Gasteiger charge is 2.18. The van der Waals surface area contributed by atoms with Crippen molar-refractivity contribution in [2.75, 3.05) is 6.54 Å². The van der Waals surface area contributed by atoms with Gasteiger partial charge in [0.25, 0.3) is 5.91 Å². The highest BCUT2D eigenvalue weighted by atomic mass is 32.1. The van der Waals surface area contributed by atoms with Crippen LogP contribution in [0.3, 0.4) is 0 Å². The minimum Gasteiger partial charge on any atom is -0.481 e. The Morgan fingerprint density at radius 1 is 1.37 bits per heavy atom. The molecule has 0 spiro atoms. The molecule has 0 radical (unpaired) electrons. The van der Waals surface area contributed by atoms with Gasteiger partial charge in [0.15, 0.2) is 0 Å². The fourth-order valence-electron chi connectivity index (χ4n) is 2.20. The Labute approximate surface area is 116 Å². The van der Waals surface area contributed by atoms with Crippen molar-refractivity contribution in [1.82, 2.24) is 5.32 Å². The molecule has 19 heavy (non-hydrogen) atoms. The van der Waals surface area contributed by atoms with Crippen LogP contribution in [0.15, 0.2) is 6.07 Å². The predicted molar refractivity (Wildman–Crippen MR) is 74.7 cm³/mol. The summed E-state index contributed by atoms with van der Waals surface area (Å²) in [5, 5.41) is 11.5. The maximum absolute atomic E-state index is 12.0. The number of hydrogen-bond acceptors (Lipinski definition) is 3. The number of nitrogens with one attached hydrogen (secondary N) is 1. The maximum atomic E-state index is 12.0. The van der Waals surface area contributed by atoms with E-state index in [2.05, 4.69) is 5.32 Å². The summed E-state index contributed by atoms with van der Waals surface area (Å²) in [4.78, 5) is 24.7. The zero-order valence-corrected chi connectivity index (χ0v) is 11.9. The van der Waals surface area contributed by atoms with Crippen molar-refractivity contribution >= 4 is 23.2 Å². The summed E-state index contributed by atoms with van der Waals surface area (Å²) in [7, 11) is 0. The monoisotopic (exact) mass is 281 g/mol. The van der Waals surface area contributed by atoms with Crippen molar-refractivity contribution in [3.05, 3.63) is 21.4 Å². The third-order valence-electron chi connectivity index (χ3n) is 3.46. The number of aliphatic carboxylic acids is 1. The van der Waals surface area contributed by atoms with Crippen LogP contribution in [0.5, 0.6) is 0 Å². The topological polar surface area (TPSA) is 66.4 Å². The van der Waals surface area contributed by atoms with Gasteiger partial charge in [-0.25, -0.2) is 0 Å². The molecular formula is C14H19NO3S. The van der Waals surface area contributed by atoms with Gasteiger partial charge in [0, 0.05) is 11.4 Å². The van der Waals surface area contributed by atoms with Crippen LogP contribution in [-0.2, 0) is 17.6 Å². The number of carbonyl (C=O) groups is 2.